The van der Waals surface area contributed by atoms with Crippen molar-refractivity contribution in [1.82, 2.24) is 14.3 Å². The van der Waals surface area contributed by atoms with Gasteiger partial charge in [-0.2, -0.15) is 17.4 Å². The van der Waals surface area contributed by atoms with Crippen molar-refractivity contribution in [3.8, 4) is 0 Å². The van der Waals surface area contributed by atoms with Crippen LogP contribution in [-0.2, 0) is 14.9 Å². The minimum Gasteiger partial charge on any atom is -0.379 e. The highest BCUT2D eigenvalue weighted by molar-refractivity contribution is 7.87. The largest absolute Gasteiger partial charge is 0.379 e. The lowest BCUT2D eigenvalue weighted by Crippen LogP contribution is -2.55. The number of piperidine rings is 1. The van der Waals surface area contributed by atoms with E-state index in [0.717, 1.165) is 13.0 Å². The van der Waals surface area contributed by atoms with Crippen molar-refractivity contribution in [2.45, 2.75) is 19.4 Å². The zero-order chi connectivity index (χ0) is 12.3. The van der Waals surface area contributed by atoms with Crippen molar-refractivity contribution >= 4 is 10.2 Å². The summed E-state index contributed by atoms with van der Waals surface area (Å²) in [5, 5.41) is 3.22. The van der Waals surface area contributed by atoms with Gasteiger partial charge in [-0.25, -0.2) is 0 Å². The second-order valence-electron chi connectivity index (χ2n) is 4.71. The molecule has 2 fully saturated rings. The second-order valence-corrected chi connectivity index (χ2v) is 6.41. The Labute approximate surface area is 103 Å². The molecule has 0 aromatic carbocycles. The van der Waals surface area contributed by atoms with Crippen LogP contribution in [0.15, 0.2) is 0 Å². The molecule has 0 amide bonds. The highest BCUT2D eigenvalue weighted by Crippen LogP contribution is 2.13. The van der Waals surface area contributed by atoms with Crippen molar-refractivity contribution < 1.29 is 13.2 Å². The van der Waals surface area contributed by atoms with Crippen molar-refractivity contribution in [3.63, 3.8) is 0 Å². The van der Waals surface area contributed by atoms with Gasteiger partial charge in [-0.15, -0.1) is 0 Å². The van der Waals surface area contributed by atoms with Crippen LogP contribution < -0.4 is 10.0 Å². The number of nitrogens with one attached hydrogen (secondary N) is 2. The molecular weight excluding hydrogens is 242 g/mol. The van der Waals surface area contributed by atoms with Crippen molar-refractivity contribution in [1.29, 1.82) is 0 Å². The van der Waals surface area contributed by atoms with Gasteiger partial charge in [0.15, 0.2) is 0 Å². The van der Waals surface area contributed by atoms with Gasteiger partial charge in [0, 0.05) is 25.7 Å². The molecule has 0 saturated carbocycles. The maximum atomic E-state index is 12.1. The third-order valence-electron chi connectivity index (χ3n) is 3.44. The van der Waals surface area contributed by atoms with E-state index in [4.69, 9.17) is 4.74 Å². The molecule has 100 valence electrons. The summed E-state index contributed by atoms with van der Waals surface area (Å²) in [5.74, 6) is 0.382. The summed E-state index contributed by atoms with van der Waals surface area (Å²) in [6.07, 6.45) is 1.01. The first kappa shape index (κ1) is 13.2. The van der Waals surface area contributed by atoms with Crippen LogP contribution in [0.2, 0.25) is 0 Å². The van der Waals surface area contributed by atoms with Crippen LogP contribution in [0.25, 0.3) is 0 Å². The second kappa shape index (κ2) is 5.62. The Bertz CT molecular complexity index is 341. The minimum absolute atomic E-state index is 0.00315. The van der Waals surface area contributed by atoms with Gasteiger partial charge in [-0.3, -0.25) is 0 Å². The van der Waals surface area contributed by atoms with E-state index in [1.54, 1.807) is 0 Å². The van der Waals surface area contributed by atoms with Gasteiger partial charge >= 0.3 is 0 Å². The highest BCUT2D eigenvalue weighted by atomic mass is 32.2. The zero-order valence-corrected chi connectivity index (χ0v) is 11.0. The molecule has 0 bridgehead atoms. The van der Waals surface area contributed by atoms with E-state index in [2.05, 4.69) is 17.0 Å². The monoisotopic (exact) mass is 263 g/mol. The quantitative estimate of drug-likeness (QED) is 0.696. The lowest BCUT2D eigenvalue weighted by molar-refractivity contribution is 0.0721. The Hall–Kier alpha value is -0.210. The lowest BCUT2D eigenvalue weighted by atomic mass is 9.96. The van der Waals surface area contributed by atoms with Gasteiger partial charge in [0.25, 0.3) is 10.2 Å². The summed E-state index contributed by atoms with van der Waals surface area (Å²) in [5.41, 5.74) is 0. The first-order valence-electron chi connectivity index (χ1n) is 6.15. The number of hydrogen-bond donors (Lipinski definition) is 2. The standard InChI is InChI=1S/C10H21N3O3S/c1-9-2-3-11-8-10(9)12-17(14,15)13-4-6-16-7-5-13/h9-12H,2-8H2,1H3. The zero-order valence-electron chi connectivity index (χ0n) is 10.2. The first-order chi connectivity index (χ1) is 8.09. The molecule has 2 aliphatic rings. The number of rotatable bonds is 3. The van der Waals surface area contributed by atoms with Crippen molar-refractivity contribution in [2.24, 2.45) is 5.92 Å². The highest BCUT2D eigenvalue weighted by Gasteiger charge is 2.30. The number of morpholine rings is 1. The van der Waals surface area contributed by atoms with Crippen LogP contribution in [0.5, 0.6) is 0 Å². The molecule has 2 N–H and O–H groups in total. The molecule has 2 heterocycles. The molecule has 2 atom stereocenters. The minimum atomic E-state index is -3.35. The average Bonchev–Trinajstić information content (AvgIpc) is 2.33. The predicted molar refractivity (Wildman–Crippen MR) is 64.9 cm³/mol. The summed E-state index contributed by atoms with van der Waals surface area (Å²) in [6, 6.07) is -0.00315. The third kappa shape index (κ3) is 3.38. The Morgan fingerprint density at radius 1 is 1.35 bits per heavy atom. The molecule has 0 spiro atoms. The number of hydrogen-bond acceptors (Lipinski definition) is 4. The van der Waals surface area contributed by atoms with Gasteiger partial charge in [0.2, 0.25) is 0 Å². The van der Waals surface area contributed by atoms with E-state index < -0.39 is 10.2 Å². The Morgan fingerprint density at radius 3 is 2.71 bits per heavy atom. The normalized spacial score (nSPS) is 32.5. The van der Waals surface area contributed by atoms with E-state index in [9.17, 15) is 8.42 Å². The van der Waals surface area contributed by atoms with Crippen LogP contribution >= 0.6 is 0 Å². The first-order valence-corrected chi connectivity index (χ1v) is 7.59. The fourth-order valence-electron chi connectivity index (χ4n) is 2.20. The van der Waals surface area contributed by atoms with Crippen LogP contribution in [0.4, 0.5) is 0 Å². The van der Waals surface area contributed by atoms with Gasteiger partial charge in [0.05, 0.1) is 13.2 Å². The van der Waals surface area contributed by atoms with E-state index >= 15 is 0 Å². The molecule has 0 aromatic rings. The van der Waals surface area contributed by atoms with E-state index in [1.165, 1.54) is 4.31 Å². The molecule has 0 aliphatic carbocycles. The van der Waals surface area contributed by atoms with Gasteiger partial charge in [-0.05, 0) is 18.9 Å². The molecule has 2 rings (SSSR count). The Morgan fingerprint density at radius 2 is 2.06 bits per heavy atom. The van der Waals surface area contributed by atoms with E-state index in [-0.39, 0.29) is 6.04 Å². The van der Waals surface area contributed by atoms with Crippen LogP contribution in [0, 0.1) is 5.92 Å². The molecule has 2 unspecified atom stereocenters. The SMILES string of the molecule is CC1CCNCC1NS(=O)(=O)N1CCOCC1. The lowest BCUT2D eigenvalue weighted by Gasteiger charge is -2.33. The molecule has 0 aromatic heterocycles. The van der Waals surface area contributed by atoms with Crippen LogP contribution in [-0.4, -0.2) is 58.2 Å². The maximum Gasteiger partial charge on any atom is 0.279 e. The molecule has 7 heteroatoms. The van der Waals surface area contributed by atoms with Gasteiger partial charge in [0.1, 0.15) is 0 Å². The molecule has 6 nitrogen and oxygen atoms in total. The van der Waals surface area contributed by atoms with Crippen LogP contribution in [0.3, 0.4) is 0 Å². The molecule has 0 radical (unpaired) electrons. The average molecular weight is 263 g/mol. The maximum absolute atomic E-state index is 12.1. The summed E-state index contributed by atoms with van der Waals surface area (Å²) < 4.78 is 33.7. The summed E-state index contributed by atoms with van der Waals surface area (Å²) in [6.45, 7) is 5.64. The van der Waals surface area contributed by atoms with Gasteiger partial charge in [-0.1, -0.05) is 6.92 Å². The predicted octanol–water partition coefficient (Wildman–Crippen LogP) is -0.849. The van der Waals surface area contributed by atoms with Crippen LogP contribution in [0.1, 0.15) is 13.3 Å². The molecule has 17 heavy (non-hydrogen) atoms. The summed E-state index contributed by atoms with van der Waals surface area (Å²) in [7, 11) is -3.35. The van der Waals surface area contributed by atoms with Crippen molar-refractivity contribution in [2.75, 3.05) is 39.4 Å². The molecule has 2 aliphatic heterocycles. The number of nitrogens with zero attached hydrogens (tertiary/aromatic N) is 1. The summed E-state index contributed by atoms with van der Waals surface area (Å²) in [4.78, 5) is 0. The third-order valence-corrected chi connectivity index (χ3v) is 5.08. The summed E-state index contributed by atoms with van der Waals surface area (Å²) >= 11 is 0. The van der Waals surface area contributed by atoms with E-state index in [0.29, 0.717) is 38.8 Å². The number of ether oxygens (including phenoxy) is 1. The van der Waals surface area contributed by atoms with Crippen molar-refractivity contribution in [3.05, 3.63) is 0 Å². The Balaban J connectivity index is 1.95. The van der Waals surface area contributed by atoms with E-state index in [1.807, 2.05) is 0 Å². The molecular formula is C10H21N3O3S. The van der Waals surface area contributed by atoms with Gasteiger partial charge < -0.3 is 10.1 Å². The topological polar surface area (TPSA) is 70.7 Å². The molecule has 2 saturated heterocycles. The fraction of sp³-hybridized carbons (Fsp3) is 1.00. The fourth-order valence-corrected chi connectivity index (χ4v) is 3.68. The smallest absolute Gasteiger partial charge is 0.279 e. The Kier molecular flexibility index (Phi) is 4.37.